The van der Waals surface area contributed by atoms with Crippen LogP contribution in [0.4, 0.5) is 5.69 Å². The van der Waals surface area contributed by atoms with E-state index in [4.69, 9.17) is 14.2 Å². The average Bonchev–Trinajstić information content (AvgIpc) is 2.69. The van der Waals surface area contributed by atoms with Crippen molar-refractivity contribution in [3.63, 3.8) is 0 Å². The van der Waals surface area contributed by atoms with Crippen LogP contribution in [0.1, 0.15) is 12.5 Å². The van der Waals surface area contributed by atoms with Crippen LogP contribution >= 0.6 is 0 Å². The van der Waals surface area contributed by atoms with Crippen molar-refractivity contribution in [3.8, 4) is 17.2 Å². The van der Waals surface area contributed by atoms with E-state index in [-0.39, 0.29) is 11.4 Å². The van der Waals surface area contributed by atoms with Gasteiger partial charge in [0.25, 0.3) is 5.91 Å². The zero-order chi connectivity index (χ0) is 19.8. The molecule has 0 radical (unpaired) electrons. The Labute approximate surface area is 155 Å². The maximum atomic E-state index is 11.9. The number of carbonyl (C=O) groups is 1. The van der Waals surface area contributed by atoms with E-state index in [9.17, 15) is 14.9 Å². The number of rotatable bonds is 8. The minimum atomic E-state index is -0.578. The van der Waals surface area contributed by atoms with Crippen LogP contribution < -0.4 is 19.6 Å². The molecule has 0 heterocycles. The van der Waals surface area contributed by atoms with Crippen molar-refractivity contribution in [2.45, 2.75) is 6.92 Å². The van der Waals surface area contributed by atoms with Crippen molar-refractivity contribution in [3.05, 3.63) is 58.1 Å². The van der Waals surface area contributed by atoms with Crippen LogP contribution in [-0.2, 0) is 4.79 Å². The number of nitro groups is 1. The summed E-state index contributed by atoms with van der Waals surface area (Å²) in [6.45, 7) is 1.29. The normalized spacial score (nSPS) is 10.9. The number of nitrogens with one attached hydrogen (secondary N) is 1. The molecule has 9 nitrogen and oxygen atoms in total. The Kier molecular flexibility index (Phi) is 6.70. The van der Waals surface area contributed by atoms with Gasteiger partial charge in [0.15, 0.2) is 12.4 Å². The number of nitrogens with zero attached hydrogens (tertiary/aromatic N) is 2. The predicted molar refractivity (Wildman–Crippen MR) is 98.5 cm³/mol. The van der Waals surface area contributed by atoms with E-state index in [1.54, 1.807) is 38.3 Å². The summed E-state index contributed by atoms with van der Waals surface area (Å²) >= 11 is 0. The van der Waals surface area contributed by atoms with Gasteiger partial charge in [-0.2, -0.15) is 5.10 Å². The van der Waals surface area contributed by atoms with Crippen molar-refractivity contribution < 1.29 is 23.9 Å². The Morgan fingerprint density at radius 1 is 1.15 bits per heavy atom. The van der Waals surface area contributed by atoms with Crippen LogP contribution in [0.25, 0.3) is 0 Å². The summed E-state index contributed by atoms with van der Waals surface area (Å²) in [6.07, 6.45) is 0. The number of carbonyl (C=O) groups excluding carboxylic acids is 1. The lowest BCUT2D eigenvalue weighted by Gasteiger charge is -2.10. The molecule has 1 N–H and O–H groups in total. The molecule has 0 spiro atoms. The van der Waals surface area contributed by atoms with Crippen molar-refractivity contribution >= 4 is 17.3 Å². The van der Waals surface area contributed by atoms with Crippen LogP contribution in [0.3, 0.4) is 0 Å². The van der Waals surface area contributed by atoms with Crippen molar-refractivity contribution in [1.29, 1.82) is 0 Å². The number of nitro benzene ring substituents is 1. The fraction of sp³-hybridized carbons (Fsp3) is 0.222. The molecule has 0 saturated carbocycles. The number of amides is 1. The Morgan fingerprint density at radius 3 is 2.56 bits per heavy atom. The molecule has 27 heavy (non-hydrogen) atoms. The molecule has 0 saturated heterocycles. The second-order valence-corrected chi connectivity index (χ2v) is 5.31. The minimum Gasteiger partial charge on any atom is -0.497 e. The Morgan fingerprint density at radius 2 is 1.89 bits per heavy atom. The number of hydrogen-bond donors (Lipinski definition) is 1. The number of ether oxygens (including phenoxy) is 3. The first-order chi connectivity index (χ1) is 13.0. The lowest BCUT2D eigenvalue weighted by atomic mass is 10.1. The van der Waals surface area contributed by atoms with E-state index in [0.717, 1.165) is 0 Å². The molecule has 0 aliphatic rings. The van der Waals surface area contributed by atoms with Crippen LogP contribution in [0.2, 0.25) is 0 Å². The third-order valence-corrected chi connectivity index (χ3v) is 3.57. The second kappa shape index (κ2) is 9.18. The Hall–Kier alpha value is -3.62. The van der Waals surface area contributed by atoms with Crippen LogP contribution in [0.5, 0.6) is 17.2 Å². The molecule has 2 rings (SSSR count). The van der Waals surface area contributed by atoms with Gasteiger partial charge in [-0.3, -0.25) is 14.9 Å². The molecule has 2 aromatic carbocycles. The molecule has 142 valence electrons. The van der Waals surface area contributed by atoms with Crippen molar-refractivity contribution in [2.24, 2.45) is 5.10 Å². The summed E-state index contributed by atoms with van der Waals surface area (Å²) < 4.78 is 15.6. The number of benzene rings is 2. The highest BCUT2D eigenvalue weighted by atomic mass is 16.6. The smallest absolute Gasteiger partial charge is 0.310 e. The molecule has 9 heteroatoms. The molecule has 1 amide bonds. The topological polar surface area (TPSA) is 112 Å². The number of hydrazone groups is 1. The van der Waals surface area contributed by atoms with Gasteiger partial charge < -0.3 is 14.2 Å². The molecular weight excluding hydrogens is 354 g/mol. The van der Waals surface area contributed by atoms with Gasteiger partial charge in [0.05, 0.1) is 24.9 Å². The molecule has 0 aliphatic carbocycles. The Bertz CT molecular complexity index is 866. The zero-order valence-electron chi connectivity index (χ0n) is 15.1. The second-order valence-electron chi connectivity index (χ2n) is 5.31. The lowest BCUT2D eigenvalue weighted by Crippen LogP contribution is -2.25. The van der Waals surface area contributed by atoms with Gasteiger partial charge in [-0.1, -0.05) is 12.1 Å². The van der Waals surface area contributed by atoms with Gasteiger partial charge in [-0.15, -0.1) is 0 Å². The predicted octanol–water partition coefficient (Wildman–Crippen LogP) is 2.53. The Balaban J connectivity index is 2.01. The van der Waals surface area contributed by atoms with Crippen LogP contribution in [0.15, 0.2) is 47.6 Å². The minimum absolute atomic E-state index is 0.00942. The molecule has 0 bridgehead atoms. The quantitative estimate of drug-likeness (QED) is 0.432. The van der Waals surface area contributed by atoms with Crippen molar-refractivity contribution in [1.82, 2.24) is 5.43 Å². The first kappa shape index (κ1) is 19.7. The van der Waals surface area contributed by atoms with Gasteiger partial charge >= 0.3 is 5.69 Å². The highest BCUT2D eigenvalue weighted by Gasteiger charge is 2.15. The van der Waals surface area contributed by atoms with Crippen LogP contribution in [-0.4, -0.2) is 37.4 Å². The maximum Gasteiger partial charge on any atom is 0.310 e. The lowest BCUT2D eigenvalue weighted by molar-refractivity contribution is -0.385. The summed E-state index contributed by atoms with van der Waals surface area (Å²) in [5, 5.41) is 14.9. The third-order valence-electron chi connectivity index (χ3n) is 3.57. The number of methoxy groups -OCH3 is 2. The van der Waals surface area contributed by atoms with Crippen LogP contribution in [0, 0.1) is 10.1 Å². The number of para-hydroxylation sites is 2. The molecule has 2 aromatic rings. The van der Waals surface area contributed by atoms with Gasteiger partial charge in [0, 0.05) is 17.7 Å². The summed E-state index contributed by atoms with van der Waals surface area (Å²) in [5.41, 5.74) is 3.32. The standard InChI is InChI=1S/C18H19N3O6/c1-12(14-9-8-13(25-2)10-17(14)26-3)19-20-18(22)11-27-16-7-5-4-6-15(16)21(23)24/h4-10H,11H2,1-3H3,(H,20,22). The molecule has 0 aromatic heterocycles. The summed E-state index contributed by atoms with van der Waals surface area (Å²) in [4.78, 5) is 22.3. The molecular formula is C18H19N3O6. The van der Waals surface area contributed by atoms with Gasteiger partial charge in [-0.25, -0.2) is 5.43 Å². The average molecular weight is 373 g/mol. The monoisotopic (exact) mass is 373 g/mol. The number of hydrogen-bond acceptors (Lipinski definition) is 7. The van der Waals surface area contributed by atoms with E-state index in [1.807, 2.05) is 0 Å². The highest BCUT2D eigenvalue weighted by Crippen LogP contribution is 2.26. The van der Waals surface area contributed by atoms with Crippen molar-refractivity contribution in [2.75, 3.05) is 20.8 Å². The largest absolute Gasteiger partial charge is 0.497 e. The third kappa shape index (κ3) is 5.18. The van der Waals surface area contributed by atoms with E-state index in [2.05, 4.69) is 10.5 Å². The molecule has 0 fully saturated rings. The fourth-order valence-corrected chi connectivity index (χ4v) is 2.21. The van der Waals surface area contributed by atoms with E-state index in [0.29, 0.717) is 22.8 Å². The van der Waals surface area contributed by atoms with Gasteiger partial charge in [-0.05, 0) is 25.1 Å². The van der Waals surface area contributed by atoms with Gasteiger partial charge in [0.1, 0.15) is 11.5 Å². The molecule has 0 aliphatic heterocycles. The maximum absolute atomic E-state index is 11.9. The fourth-order valence-electron chi connectivity index (χ4n) is 2.21. The van der Waals surface area contributed by atoms with E-state index >= 15 is 0 Å². The zero-order valence-corrected chi connectivity index (χ0v) is 15.1. The SMILES string of the molecule is COc1ccc(C(C)=NNC(=O)COc2ccccc2[N+](=O)[O-])c(OC)c1. The molecule has 0 atom stereocenters. The summed E-state index contributed by atoms with van der Waals surface area (Å²) in [7, 11) is 3.07. The summed E-state index contributed by atoms with van der Waals surface area (Å²) in [6, 6.07) is 11.0. The first-order valence-electron chi connectivity index (χ1n) is 7.88. The van der Waals surface area contributed by atoms with Gasteiger partial charge in [0.2, 0.25) is 0 Å². The highest BCUT2D eigenvalue weighted by molar-refractivity contribution is 6.01. The first-order valence-corrected chi connectivity index (χ1v) is 7.88. The molecule has 0 unspecified atom stereocenters. The summed E-state index contributed by atoms with van der Waals surface area (Å²) in [5.74, 6) is 0.626. The van der Waals surface area contributed by atoms with E-state index in [1.165, 1.54) is 25.3 Å². The van der Waals surface area contributed by atoms with E-state index < -0.39 is 17.4 Å².